The van der Waals surface area contributed by atoms with Crippen LogP contribution in [0.3, 0.4) is 0 Å². The van der Waals surface area contributed by atoms with Gasteiger partial charge in [-0.05, 0) is 61.6 Å². The van der Waals surface area contributed by atoms with Crippen LogP contribution in [0.5, 0.6) is 0 Å². The number of halogens is 1. The van der Waals surface area contributed by atoms with Crippen molar-refractivity contribution in [3.05, 3.63) is 58.7 Å². The lowest BCUT2D eigenvalue weighted by atomic mass is 9.76. The maximum absolute atomic E-state index is 13.5. The average molecular weight is 620 g/mol. The first-order valence-corrected chi connectivity index (χ1v) is 17.2. The fourth-order valence-electron chi connectivity index (χ4n) is 5.99. The normalized spacial score (nSPS) is 22.5. The topological polar surface area (TPSA) is 127 Å². The summed E-state index contributed by atoms with van der Waals surface area (Å²) in [5, 5.41) is 23.6. The molecule has 1 aliphatic heterocycles. The Bertz CT molecular complexity index is 1700. The SMILES string of the molecule is N#Cc1cc(Cl)ccc1-c1nc([C@@H]2CCCC[C@H]2C(=O)NC2(C#N)CC2)c(-c2ccc(N3CCS(=O)(=O)CC3)cc2)s1. The Labute approximate surface area is 254 Å². The highest BCUT2D eigenvalue weighted by molar-refractivity contribution is 7.91. The van der Waals surface area contributed by atoms with Crippen molar-refractivity contribution in [2.45, 2.75) is 50.0 Å². The minimum atomic E-state index is -2.98. The fourth-order valence-corrected chi connectivity index (χ4v) is 8.54. The van der Waals surface area contributed by atoms with Gasteiger partial charge in [0.25, 0.3) is 0 Å². The Kier molecular flexibility index (Phi) is 7.74. The maximum atomic E-state index is 13.5. The van der Waals surface area contributed by atoms with Gasteiger partial charge in [-0.15, -0.1) is 11.3 Å². The molecule has 0 unspecified atom stereocenters. The predicted octanol–water partition coefficient (Wildman–Crippen LogP) is 5.68. The number of amides is 1. The van der Waals surface area contributed by atoms with E-state index in [1.165, 1.54) is 11.3 Å². The summed E-state index contributed by atoms with van der Waals surface area (Å²) in [6, 6.07) is 17.8. The Morgan fingerprint density at radius 2 is 1.79 bits per heavy atom. The zero-order valence-electron chi connectivity index (χ0n) is 23.0. The summed E-state index contributed by atoms with van der Waals surface area (Å²) in [5.74, 6) is -0.208. The van der Waals surface area contributed by atoms with Gasteiger partial charge in [-0.25, -0.2) is 13.4 Å². The second-order valence-electron chi connectivity index (χ2n) is 11.4. The number of nitrogens with zero attached hydrogens (tertiary/aromatic N) is 4. The number of anilines is 1. The number of nitriles is 2. The molecule has 0 spiro atoms. The summed E-state index contributed by atoms with van der Waals surface area (Å²) >= 11 is 7.68. The van der Waals surface area contributed by atoms with Gasteiger partial charge in [-0.3, -0.25) is 4.79 Å². The van der Waals surface area contributed by atoms with E-state index in [0.29, 0.717) is 47.1 Å². The molecule has 11 heteroatoms. The van der Waals surface area contributed by atoms with Gasteiger partial charge in [0.05, 0.1) is 39.8 Å². The molecule has 3 aliphatic rings. The number of benzene rings is 2. The summed E-state index contributed by atoms with van der Waals surface area (Å²) in [6.07, 6.45) is 4.82. The third-order valence-corrected chi connectivity index (χ3v) is 11.6. The van der Waals surface area contributed by atoms with Crippen LogP contribution in [-0.2, 0) is 14.6 Å². The van der Waals surface area contributed by atoms with E-state index in [9.17, 15) is 23.7 Å². The summed E-state index contributed by atoms with van der Waals surface area (Å²) in [7, 11) is -2.98. The van der Waals surface area contributed by atoms with E-state index in [2.05, 4.69) is 22.4 Å². The van der Waals surface area contributed by atoms with Gasteiger partial charge in [-0.1, -0.05) is 36.6 Å². The Morgan fingerprint density at radius 1 is 1.07 bits per heavy atom. The summed E-state index contributed by atoms with van der Waals surface area (Å²) in [6.45, 7) is 0.933. The van der Waals surface area contributed by atoms with E-state index < -0.39 is 15.4 Å². The first-order chi connectivity index (χ1) is 20.2. The van der Waals surface area contributed by atoms with Gasteiger partial charge in [0, 0.05) is 41.2 Å². The minimum absolute atomic E-state index is 0.0844. The van der Waals surface area contributed by atoms with Crippen LogP contribution in [0.15, 0.2) is 42.5 Å². The number of hydrogen-bond donors (Lipinski definition) is 1. The second kappa shape index (κ2) is 11.3. The summed E-state index contributed by atoms with van der Waals surface area (Å²) in [4.78, 5) is 21.7. The van der Waals surface area contributed by atoms with Gasteiger partial charge in [0.15, 0.2) is 9.84 Å². The van der Waals surface area contributed by atoms with Crippen LogP contribution in [-0.4, -0.2) is 49.4 Å². The van der Waals surface area contributed by atoms with Crippen LogP contribution in [0.2, 0.25) is 5.02 Å². The van der Waals surface area contributed by atoms with Crippen molar-refractivity contribution in [2.24, 2.45) is 5.92 Å². The molecule has 8 nitrogen and oxygen atoms in total. The first kappa shape index (κ1) is 28.7. The lowest BCUT2D eigenvalue weighted by Gasteiger charge is -2.31. The number of hydrogen-bond acceptors (Lipinski definition) is 8. The molecule has 2 aliphatic carbocycles. The first-order valence-electron chi connectivity index (χ1n) is 14.2. The molecule has 2 heterocycles. The molecule has 0 bridgehead atoms. The van der Waals surface area contributed by atoms with Crippen molar-refractivity contribution in [3.63, 3.8) is 0 Å². The van der Waals surface area contributed by atoms with E-state index >= 15 is 0 Å². The third kappa shape index (κ3) is 5.76. The van der Waals surface area contributed by atoms with Crippen LogP contribution in [0.25, 0.3) is 21.0 Å². The van der Waals surface area contributed by atoms with Crippen molar-refractivity contribution in [3.8, 4) is 33.2 Å². The number of thiazole rings is 1. The second-order valence-corrected chi connectivity index (χ2v) is 15.1. The molecule has 2 saturated carbocycles. The van der Waals surface area contributed by atoms with Crippen LogP contribution in [0.1, 0.15) is 55.7 Å². The molecule has 6 rings (SSSR count). The number of carbonyl (C=O) groups excluding carboxylic acids is 1. The fraction of sp³-hybridized carbons (Fsp3) is 0.419. The molecule has 2 atom stereocenters. The molecule has 42 heavy (non-hydrogen) atoms. The van der Waals surface area contributed by atoms with Crippen molar-refractivity contribution in [1.82, 2.24) is 10.3 Å². The van der Waals surface area contributed by atoms with Gasteiger partial charge >= 0.3 is 0 Å². The van der Waals surface area contributed by atoms with Crippen molar-refractivity contribution in [2.75, 3.05) is 29.5 Å². The van der Waals surface area contributed by atoms with Crippen LogP contribution >= 0.6 is 22.9 Å². The largest absolute Gasteiger partial charge is 0.369 e. The van der Waals surface area contributed by atoms with Crippen LogP contribution in [0, 0.1) is 28.6 Å². The monoisotopic (exact) mass is 619 g/mol. The highest BCUT2D eigenvalue weighted by Crippen LogP contribution is 2.47. The van der Waals surface area contributed by atoms with Crippen LogP contribution in [0.4, 0.5) is 5.69 Å². The average Bonchev–Trinajstić information content (AvgIpc) is 3.64. The molecule has 1 N–H and O–H groups in total. The summed E-state index contributed by atoms with van der Waals surface area (Å²) < 4.78 is 23.8. The third-order valence-electron chi connectivity index (χ3n) is 8.61. The molecular formula is C31H30ClN5O3S2. The number of nitrogens with one attached hydrogen (secondary N) is 1. The highest BCUT2D eigenvalue weighted by atomic mass is 35.5. The van der Waals surface area contributed by atoms with Crippen molar-refractivity contribution >= 4 is 44.4 Å². The number of carbonyl (C=O) groups is 1. The molecule has 3 aromatic rings. The van der Waals surface area contributed by atoms with Gasteiger partial charge in [0.1, 0.15) is 10.5 Å². The number of rotatable bonds is 6. The molecule has 2 aromatic carbocycles. The van der Waals surface area contributed by atoms with Gasteiger partial charge in [0.2, 0.25) is 5.91 Å². The van der Waals surface area contributed by atoms with E-state index in [4.69, 9.17) is 16.6 Å². The number of sulfone groups is 1. The Balaban J connectivity index is 1.38. The molecule has 1 aromatic heterocycles. The number of aromatic nitrogens is 1. The van der Waals surface area contributed by atoms with Gasteiger partial charge < -0.3 is 10.2 Å². The zero-order chi connectivity index (χ0) is 29.5. The maximum Gasteiger partial charge on any atom is 0.225 e. The lowest BCUT2D eigenvalue weighted by Crippen LogP contribution is -2.42. The van der Waals surface area contributed by atoms with Crippen LogP contribution < -0.4 is 10.2 Å². The molecular weight excluding hydrogens is 590 g/mol. The molecule has 3 fully saturated rings. The predicted molar refractivity (Wildman–Crippen MR) is 164 cm³/mol. The van der Waals surface area contributed by atoms with Crippen molar-refractivity contribution in [1.29, 1.82) is 10.5 Å². The molecule has 216 valence electrons. The van der Waals surface area contributed by atoms with E-state index in [1.807, 2.05) is 30.3 Å². The minimum Gasteiger partial charge on any atom is -0.369 e. The highest BCUT2D eigenvalue weighted by Gasteiger charge is 2.47. The molecule has 1 saturated heterocycles. The lowest BCUT2D eigenvalue weighted by molar-refractivity contribution is -0.127. The Hall–Kier alpha value is -3.44. The Morgan fingerprint density at radius 3 is 2.45 bits per heavy atom. The van der Waals surface area contributed by atoms with E-state index in [1.54, 1.807) is 12.1 Å². The molecule has 0 radical (unpaired) electrons. The van der Waals surface area contributed by atoms with E-state index in [-0.39, 0.29) is 29.2 Å². The summed E-state index contributed by atoms with van der Waals surface area (Å²) in [5.41, 5.74) is 3.16. The molecule has 1 amide bonds. The van der Waals surface area contributed by atoms with E-state index in [0.717, 1.165) is 47.5 Å². The van der Waals surface area contributed by atoms with Crippen molar-refractivity contribution < 1.29 is 13.2 Å². The zero-order valence-corrected chi connectivity index (χ0v) is 25.4. The quantitative estimate of drug-likeness (QED) is 0.376. The smallest absolute Gasteiger partial charge is 0.225 e. The standard InChI is InChI=1S/C31H30ClN5O3S2/c32-22-7-10-24(21(17-22)18-33)30-35-27(25-3-1-2-4-26(25)29(38)36-31(19-34)11-12-31)28(41-30)20-5-8-23(9-6-20)37-13-15-42(39,40)16-14-37/h5-10,17,25-26H,1-4,11-16H2,(H,36,38)/t25-,26-/m1/s1. The van der Waals surface area contributed by atoms with Gasteiger partial charge in [-0.2, -0.15) is 10.5 Å².